The van der Waals surface area contributed by atoms with Gasteiger partial charge in [-0.25, -0.2) is 0 Å². The van der Waals surface area contributed by atoms with E-state index in [2.05, 4.69) is 38.9 Å². The minimum absolute atomic E-state index is 0.0458. The first-order valence-corrected chi connectivity index (χ1v) is 11.3. The number of nitrogens with zero attached hydrogens (tertiary/aromatic N) is 2. The topological polar surface area (TPSA) is 75.7 Å². The average Bonchev–Trinajstić information content (AvgIpc) is 3.36. The van der Waals surface area contributed by atoms with Crippen molar-refractivity contribution in [2.45, 2.75) is 19.0 Å². The summed E-state index contributed by atoms with van der Waals surface area (Å²) in [5, 5.41) is 8.99. The number of thiophene rings is 1. The number of hydrogen-bond donors (Lipinski definition) is 2. The Bertz CT molecular complexity index is 1120. The third-order valence-electron chi connectivity index (χ3n) is 5.28. The second-order valence-electron chi connectivity index (χ2n) is 7.33. The van der Waals surface area contributed by atoms with Crippen LogP contribution >= 0.6 is 23.6 Å². The Balaban J connectivity index is 1.78. The molecule has 1 saturated heterocycles. The highest BCUT2D eigenvalue weighted by Crippen LogP contribution is 2.45. The van der Waals surface area contributed by atoms with Gasteiger partial charge < -0.3 is 25.0 Å². The van der Waals surface area contributed by atoms with E-state index in [0.29, 0.717) is 16.5 Å². The molecule has 1 aromatic carbocycles. The SMILES string of the molecule is COCC(=O)Nc1cc(N2C(=S)N[C@H](c3ccccn3)[C@@H]2c2sccc2C)ccc1OC. The molecular formula is C23H24N4O3S2. The summed E-state index contributed by atoms with van der Waals surface area (Å²) in [6.07, 6.45) is 1.79. The lowest BCUT2D eigenvalue weighted by molar-refractivity contribution is -0.119. The third kappa shape index (κ3) is 4.32. The van der Waals surface area contributed by atoms with Crippen LogP contribution in [0.4, 0.5) is 11.4 Å². The maximum atomic E-state index is 12.2. The van der Waals surface area contributed by atoms with Crippen molar-refractivity contribution in [1.82, 2.24) is 10.3 Å². The van der Waals surface area contributed by atoms with Crippen LogP contribution in [0.25, 0.3) is 0 Å². The summed E-state index contributed by atoms with van der Waals surface area (Å²) in [4.78, 5) is 20.0. The fourth-order valence-electron chi connectivity index (χ4n) is 3.85. The van der Waals surface area contributed by atoms with E-state index in [9.17, 15) is 4.79 Å². The van der Waals surface area contributed by atoms with Gasteiger partial charge in [0.25, 0.3) is 0 Å². The lowest BCUT2D eigenvalue weighted by atomic mass is 10.0. The smallest absolute Gasteiger partial charge is 0.250 e. The molecule has 2 atom stereocenters. The predicted molar refractivity (Wildman–Crippen MR) is 130 cm³/mol. The Morgan fingerprint density at radius 3 is 2.78 bits per heavy atom. The molecule has 0 saturated carbocycles. The van der Waals surface area contributed by atoms with Crippen molar-refractivity contribution in [2.24, 2.45) is 0 Å². The number of pyridine rings is 1. The molecule has 1 aliphatic rings. The van der Waals surface area contributed by atoms with E-state index in [4.69, 9.17) is 21.7 Å². The van der Waals surface area contributed by atoms with E-state index in [1.165, 1.54) is 17.6 Å². The standard InChI is InChI=1S/C23H24N4O3S2/c1-14-9-11-32-22(14)21-20(16-6-4-5-10-24-16)26-23(31)27(21)15-7-8-18(30-3)17(12-15)25-19(28)13-29-2/h4-12,20-21H,13H2,1-3H3,(H,25,28)(H,26,31)/t20-,21-/m1/s1. The normalized spacial score (nSPS) is 17.8. The van der Waals surface area contributed by atoms with Crippen molar-refractivity contribution in [3.63, 3.8) is 0 Å². The van der Waals surface area contributed by atoms with Gasteiger partial charge in [0.15, 0.2) is 5.11 Å². The fraction of sp³-hybridized carbons (Fsp3) is 0.261. The molecule has 1 fully saturated rings. The van der Waals surface area contributed by atoms with Gasteiger partial charge >= 0.3 is 0 Å². The Morgan fingerprint density at radius 2 is 2.12 bits per heavy atom. The number of hydrogen-bond acceptors (Lipinski definition) is 6. The number of aryl methyl sites for hydroxylation is 1. The first kappa shape index (κ1) is 22.2. The lowest BCUT2D eigenvalue weighted by Crippen LogP contribution is -2.29. The van der Waals surface area contributed by atoms with Crippen molar-refractivity contribution in [2.75, 3.05) is 31.0 Å². The summed E-state index contributed by atoms with van der Waals surface area (Å²) in [6.45, 7) is 2.06. The molecule has 0 aliphatic carbocycles. The third-order valence-corrected chi connectivity index (χ3v) is 6.68. The first-order chi connectivity index (χ1) is 15.5. The van der Waals surface area contributed by atoms with Gasteiger partial charge in [0.2, 0.25) is 5.91 Å². The van der Waals surface area contributed by atoms with Crippen LogP contribution in [-0.2, 0) is 9.53 Å². The molecule has 0 bridgehead atoms. The minimum atomic E-state index is -0.262. The van der Waals surface area contributed by atoms with Crippen molar-refractivity contribution in [3.05, 3.63) is 70.2 Å². The van der Waals surface area contributed by atoms with Crippen LogP contribution in [0.15, 0.2) is 54.0 Å². The van der Waals surface area contributed by atoms with Crippen molar-refractivity contribution >= 4 is 45.9 Å². The molecule has 2 aromatic heterocycles. The number of rotatable bonds is 7. The number of aromatic nitrogens is 1. The van der Waals surface area contributed by atoms with E-state index in [-0.39, 0.29) is 24.6 Å². The van der Waals surface area contributed by atoms with Crippen molar-refractivity contribution in [3.8, 4) is 5.75 Å². The van der Waals surface area contributed by atoms with Gasteiger partial charge in [-0.2, -0.15) is 0 Å². The van der Waals surface area contributed by atoms with Crippen molar-refractivity contribution < 1.29 is 14.3 Å². The number of amides is 1. The van der Waals surface area contributed by atoms with Crippen LogP contribution in [0.3, 0.4) is 0 Å². The van der Waals surface area contributed by atoms with Crippen molar-refractivity contribution in [1.29, 1.82) is 0 Å². The molecule has 2 N–H and O–H groups in total. The van der Waals surface area contributed by atoms with Crippen LogP contribution in [0.1, 0.15) is 28.2 Å². The van der Waals surface area contributed by atoms with Crippen LogP contribution in [-0.4, -0.2) is 36.8 Å². The quantitative estimate of drug-likeness (QED) is 0.503. The van der Waals surface area contributed by atoms with E-state index >= 15 is 0 Å². The van der Waals surface area contributed by atoms with Gasteiger partial charge in [-0.3, -0.25) is 9.78 Å². The van der Waals surface area contributed by atoms with Gasteiger partial charge in [-0.1, -0.05) is 6.07 Å². The molecule has 4 rings (SSSR count). The molecule has 166 valence electrons. The summed E-state index contributed by atoms with van der Waals surface area (Å²) in [7, 11) is 3.05. The number of ether oxygens (including phenoxy) is 2. The van der Waals surface area contributed by atoms with Crippen LogP contribution in [0.5, 0.6) is 5.75 Å². The molecule has 0 radical (unpaired) electrons. The summed E-state index contributed by atoms with van der Waals surface area (Å²) in [5.74, 6) is 0.295. The second-order valence-corrected chi connectivity index (χ2v) is 8.66. The Labute approximate surface area is 196 Å². The highest BCUT2D eigenvalue weighted by molar-refractivity contribution is 7.80. The molecule has 9 heteroatoms. The summed E-state index contributed by atoms with van der Waals surface area (Å²) in [6, 6.07) is 13.4. The van der Waals surface area contributed by atoms with Gasteiger partial charge in [0.05, 0.1) is 30.6 Å². The second kappa shape index (κ2) is 9.64. The molecule has 3 heterocycles. The molecule has 1 amide bonds. The molecule has 32 heavy (non-hydrogen) atoms. The highest BCUT2D eigenvalue weighted by atomic mass is 32.1. The largest absolute Gasteiger partial charge is 0.495 e. The molecule has 3 aromatic rings. The number of benzene rings is 1. The monoisotopic (exact) mass is 468 g/mol. The van der Waals surface area contributed by atoms with Crippen LogP contribution in [0, 0.1) is 6.92 Å². The van der Waals surface area contributed by atoms with E-state index in [1.54, 1.807) is 24.6 Å². The predicted octanol–water partition coefficient (Wildman–Crippen LogP) is 4.22. The van der Waals surface area contributed by atoms with E-state index in [1.807, 2.05) is 36.4 Å². The van der Waals surface area contributed by atoms with E-state index in [0.717, 1.165) is 11.4 Å². The molecule has 1 aliphatic heterocycles. The maximum absolute atomic E-state index is 12.2. The van der Waals surface area contributed by atoms with Crippen LogP contribution in [0.2, 0.25) is 0 Å². The number of carbonyl (C=O) groups is 1. The summed E-state index contributed by atoms with van der Waals surface area (Å²) >= 11 is 7.48. The summed E-state index contributed by atoms with van der Waals surface area (Å²) in [5.41, 5.74) is 3.50. The number of nitrogens with one attached hydrogen (secondary N) is 2. The molecule has 7 nitrogen and oxygen atoms in total. The molecular weight excluding hydrogens is 444 g/mol. The maximum Gasteiger partial charge on any atom is 0.250 e. The first-order valence-electron chi connectivity index (χ1n) is 10.0. The van der Waals surface area contributed by atoms with Crippen LogP contribution < -0.4 is 20.3 Å². The number of anilines is 2. The van der Waals surface area contributed by atoms with Gasteiger partial charge in [0.1, 0.15) is 12.4 Å². The Morgan fingerprint density at radius 1 is 1.28 bits per heavy atom. The fourth-order valence-corrected chi connectivity index (χ4v) is 5.25. The number of carbonyl (C=O) groups excluding carboxylic acids is 1. The minimum Gasteiger partial charge on any atom is -0.495 e. The Kier molecular flexibility index (Phi) is 6.69. The molecule has 0 unspecified atom stereocenters. The van der Waals surface area contributed by atoms with Gasteiger partial charge in [-0.15, -0.1) is 11.3 Å². The lowest BCUT2D eigenvalue weighted by Gasteiger charge is -2.28. The van der Waals surface area contributed by atoms with E-state index < -0.39 is 0 Å². The van der Waals surface area contributed by atoms with Gasteiger partial charge in [-0.05, 0) is 66.5 Å². The number of methoxy groups -OCH3 is 2. The van der Waals surface area contributed by atoms with Gasteiger partial charge in [0, 0.05) is 23.9 Å². The summed E-state index contributed by atoms with van der Waals surface area (Å²) < 4.78 is 10.4. The average molecular weight is 469 g/mol. The Hall–Kier alpha value is -3.01. The molecule has 0 spiro atoms. The number of thiocarbonyl (C=S) groups is 1. The zero-order valence-corrected chi connectivity index (χ0v) is 19.6. The zero-order chi connectivity index (χ0) is 22.7. The highest BCUT2D eigenvalue weighted by Gasteiger charge is 2.42. The zero-order valence-electron chi connectivity index (χ0n) is 18.0.